The topological polar surface area (TPSA) is 54.0 Å². The molecule has 0 heterocycles. The highest BCUT2D eigenvalue weighted by Crippen LogP contribution is 2.37. The van der Waals surface area contributed by atoms with Gasteiger partial charge < -0.3 is 23.4 Å². The minimum Gasteiger partial charge on any atom is -0.417 e. The van der Waals surface area contributed by atoms with Gasteiger partial charge in [-0.1, -0.05) is 119 Å². The van der Waals surface area contributed by atoms with Crippen LogP contribution in [0.1, 0.15) is 57.2 Å². The molecule has 0 aliphatic rings. The minimum atomic E-state index is -1.96. The van der Waals surface area contributed by atoms with Crippen molar-refractivity contribution in [3.05, 3.63) is 108 Å². The molecule has 228 valence electrons. The Bertz CT molecular complexity index is 1150. The fourth-order valence-electron chi connectivity index (χ4n) is 4.48. The van der Waals surface area contributed by atoms with Crippen molar-refractivity contribution in [1.29, 1.82) is 0 Å². The van der Waals surface area contributed by atoms with Crippen LogP contribution in [0, 0.1) is 5.92 Å². The molecule has 0 aliphatic heterocycles. The van der Waals surface area contributed by atoms with Crippen LogP contribution < -0.4 is 0 Å². The van der Waals surface area contributed by atoms with Crippen LogP contribution in [0.15, 0.2) is 91.0 Å². The molecule has 0 spiro atoms. The zero-order valence-electron chi connectivity index (χ0n) is 26.3. The van der Waals surface area contributed by atoms with Crippen molar-refractivity contribution in [1.82, 2.24) is 0 Å². The summed E-state index contributed by atoms with van der Waals surface area (Å²) in [5.41, 5.74) is 3.25. The highest BCUT2D eigenvalue weighted by molar-refractivity contribution is 6.74. The second kappa shape index (κ2) is 16.9. The molecule has 5 nitrogen and oxygen atoms in total. The van der Waals surface area contributed by atoms with E-state index < -0.39 is 14.4 Å². The Morgan fingerprint density at radius 2 is 1.12 bits per heavy atom. The monoisotopic (exact) mass is 590 g/mol. The fraction of sp³-hybridized carbons (Fsp3) is 0.472. The minimum absolute atomic E-state index is 0.108. The molecule has 0 radical (unpaired) electrons. The highest BCUT2D eigenvalue weighted by Gasteiger charge is 2.38. The van der Waals surface area contributed by atoms with Crippen LogP contribution in [0.25, 0.3) is 0 Å². The van der Waals surface area contributed by atoms with Crippen LogP contribution in [0.3, 0.4) is 0 Å². The number of hydrogen-bond acceptors (Lipinski definition) is 5. The average molecular weight is 591 g/mol. The van der Waals surface area contributed by atoms with Crippen molar-refractivity contribution in [2.75, 3.05) is 6.61 Å². The Balaban J connectivity index is 1.90. The molecule has 42 heavy (non-hydrogen) atoms. The van der Waals surface area contributed by atoms with E-state index in [1.54, 1.807) is 0 Å². The highest BCUT2D eigenvalue weighted by atomic mass is 28.4. The van der Waals surface area contributed by atoms with Crippen molar-refractivity contribution in [2.24, 2.45) is 5.92 Å². The van der Waals surface area contributed by atoms with E-state index in [9.17, 15) is 4.79 Å². The van der Waals surface area contributed by atoms with Gasteiger partial charge in [-0.15, -0.1) is 0 Å². The number of ether oxygens (including phenoxy) is 3. The zero-order valence-corrected chi connectivity index (χ0v) is 27.3. The van der Waals surface area contributed by atoms with Gasteiger partial charge in [0.25, 0.3) is 0 Å². The summed E-state index contributed by atoms with van der Waals surface area (Å²) in [6.07, 6.45) is 1.10. The molecular formula is C36H50O5Si. The molecule has 1 unspecified atom stereocenters. The van der Waals surface area contributed by atoms with Crippen LogP contribution in [0.4, 0.5) is 0 Å². The maximum absolute atomic E-state index is 11.8. The van der Waals surface area contributed by atoms with Gasteiger partial charge in [-0.3, -0.25) is 0 Å². The summed E-state index contributed by atoms with van der Waals surface area (Å²) in [6.45, 7) is 15.1. The van der Waals surface area contributed by atoms with Gasteiger partial charge in [0, 0.05) is 12.5 Å². The molecule has 3 aromatic rings. The van der Waals surface area contributed by atoms with E-state index in [0.29, 0.717) is 39.3 Å². The number of carbonyl (C=O) groups excluding carboxylic acids is 1. The number of aldehydes is 1. The standard InChI is InChI=1S/C36H50O5Si/c1-29(25-37)24-34(39-27-31-18-12-8-13-19-31)35(40-28-32-20-14-9-15-21-32)33(38-26-30-16-10-7-11-17-30)22-23-41-42(5,6)36(2,3)4/h7-21,25,29,33-35H,22-24,26-28H2,1-6H3/t29?,33-,34+,35+/m1/s1. The molecule has 3 rings (SSSR count). The second-order valence-corrected chi connectivity index (χ2v) is 17.5. The van der Waals surface area contributed by atoms with Crippen molar-refractivity contribution in [3.8, 4) is 0 Å². The summed E-state index contributed by atoms with van der Waals surface area (Å²) >= 11 is 0. The first-order valence-electron chi connectivity index (χ1n) is 15.1. The van der Waals surface area contributed by atoms with Gasteiger partial charge in [-0.2, -0.15) is 0 Å². The summed E-state index contributed by atoms with van der Waals surface area (Å²) < 4.78 is 26.6. The third kappa shape index (κ3) is 11.2. The Morgan fingerprint density at radius 1 is 0.690 bits per heavy atom. The Kier molecular flexibility index (Phi) is 13.6. The van der Waals surface area contributed by atoms with E-state index in [1.165, 1.54) is 0 Å². The van der Waals surface area contributed by atoms with Gasteiger partial charge in [-0.05, 0) is 47.7 Å². The Labute approximate surface area is 254 Å². The quantitative estimate of drug-likeness (QED) is 0.110. The first-order valence-corrected chi connectivity index (χ1v) is 18.1. The summed E-state index contributed by atoms with van der Waals surface area (Å²) in [5.74, 6) is -0.188. The Morgan fingerprint density at radius 3 is 1.55 bits per heavy atom. The van der Waals surface area contributed by atoms with Gasteiger partial charge >= 0.3 is 0 Å². The summed E-state index contributed by atoms with van der Waals surface area (Å²) in [4.78, 5) is 11.8. The van der Waals surface area contributed by atoms with E-state index in [2.05, 4.69) is 70.3 Å². The van der Waals surface area contributed by atoms with E-state index in [-0.39, 0.29) is 23.2 Å². The molecule has 0 amide bonds. The third-order valence-corrected chi connectivity index (χ3v) is 12.7. The largest absolute Gasteiger partial charge is 0.417 e. The number of hydrogen-bond donors (Lipinski definition) is 0. The molecule has 0 aromatic heterocycles. The smallest absolute Gasteiger partial charge is 0.191 e. The van der Waals surface area contributed by atoms with Crippen LogP contribution in [0.5, 0.6) is 0 Å². The molecule has 0 fully saturated rings. The maximum atomic E-state index is 11.8. The molecule has 0 saturated carbocycles. The van der Waals surface area contributed by atoms with E-state index >= 15 is 0 Å². The third-order valence-electron chi connectivity index (χ3n) is 8.14. The van der Waals surface area contributed by atoms with Crippen molar-refractivity contribution in [2.45, 2.75) is 96.8 Å². The average Bonchev–Trinajstić information content (AvgIpc) is 2.99. The van der Waals surface area contributed by atoms with Crippen LogP contribution in [0.2, 0.25) is 18.1 Å². The first-order chi connectivity index (χ1) is 20.1. The molecule has 0 saturated heterocycles. The molecule has 6 heteroatoms. The number of rotatable bonds is 18. The molecule has 4 atom stereocenters. The van der Waals surface area contributed by atoms with Crippen LogP contribution in [-0.2, 0) is 43.3 Å². The van der Waals surface area contributed by atoms with Crippen molar-refractivity contribution in [3.63, 3.8) is 0 Å². The van der Waals surface area contributed by atoms with Gasteiger partial charge in [-0.25, -0.2) is 0 Å². The normalized spacial score (nSPS) is 15.1. The van der Waals surface area contributed by atoms with E-state index in [0.717, 1.165) is 23.0 Å². The predicted octanol–water partition coefficient (Wildman–Crippen LogP) is 8.38. The van der Waals surface area contributed by atoms with Gasteiger partial charge in [0.15, 0.2) is 8.32 Å². The lowest BCUT2D eigenvalue weighted by Crippen LogP contribution is -2.45. The van der Waals surface area contributed by atoms with Crippen molar-refractivity contribution >= 4 is 14.6 Å². The number of benzene rings is 3. The lowest BCUT2D eigenvalue weighted by molar-refractivity contribution is -0.160. The lowest BCUT2D eigenvalue weighted by atomic mass is 9.96. The molecular weight excluding hydrogens is 540 g/mol. The maximum Gasteiger partial charge on any atom is 0.191 e. The van der Waals surface area contributed by atoms with E-state index in [4.69, 9.17) is 18.6 Å². The van der Waals surface area contributed by atoms with Gasteiger partial charge in [0.2, 0.25) is 0 Å². The SMILES string of the molecule is CC(C=O)C[C@H](OCc1ccccc1)[C@@H](OCc1ccccc1)[C@@H](CCO[Si](C)(C)C(C)(C)C)OCc1ccccc1. The van der Waals surface area contributed by atoms with E-state index in [1.807, 2.05) is 61.5 Å². The summed E-state index contributed by atoms with van der Waals surface area (Å²) in [5, 5.41) is 0.108. The van der Waals surface area contributed by atoms with Gasteiger partial charge in [0.1, 0.15) is 12.4 Å². The molecule has 0 bridgehead atoms. The molecule has 0 N–H and O–H groups in total. The van der Waals surface area contributed by atoms with Crippen LogP contribution >= 0.6 is 0 Å². The predicted molar refractivity (Wildman–Crippen MR) is 173 cm³/mol. The van der Waals surface area contributed by atoms with Crippen LogP contribution in [-0.4, -0.2) is 39.5 Å². The van der Waals surface area contributed by atoms with Crippen molar-refractivity contribution < 1.29 is 23.4 Å². The summed E-state index contributed by atoms with van der Waals surface area (Å²) in [6, 6.07) is 30.5. The molecule has 0 aliphatic carbocycles. The second-order valence-electron chi connectivity index (χ2n) is 12.7. The zero-order chi connectivity index (χ0) is 30.4. The molecule has 3 aromatic carbocycles. The first kappa shape index (κ1) is 33.9. The lowest BCUT2D eigenvalue weighted by Gasteiger charge is -2.38. The van der Waals surface area contributed by atoms with Gasteiger partial charge in [0.05, 0.1) is 32.0 Å². The Hall–Kier alpha value is -2.61. The number of carbonyl (C=O) groups is 1. The summed E-state index contributed by atoms with van der Waals surface area (Å²) in [7, 11) is -1.96. The fourth-order valence-corrected chi connectivity index (χ4v) is 5.55.